The van der Waals surface area contributed by atoms with Crippen molar-refractivity contribution in [3.8, 4) is 0 Å². The third-order valence-electron chi connectivity index (χ3n) is 3.56. The Morgan fingerprint density at radius 1 is 1.26 bits per heavy atom. The number of amides is 1. The van der Waals surface area contributed by atoms with Gasteiger partial charge in [0.1, 0.15) is 0 Å². The minimum atomic E-state index is -4.41. The molecule has 0 saturated carbocycles. The molecular weight excluding hydrogens is 377 g/mol. The van der Waals surface area contributed by atoms with E-state index < -0.39 is 11.7 Å². The van der Waals surface area contributed by atoms with Gasteiger partial charge >= 0.3 is 6.18 Å². The van der Waals surface area contributed by atoms with Crippen LogP contribution in [0.2, 0.25) is 0 Å². The molecule has 1 amide bonds. The molecule has 2 rings (SSSR count). The topological polar surface area (TPSA) is 71.6 Å². The van der Waals surface area contributed by atoms with Crippen molar-refractivity contribution in [2.24, 2.45) is 10.9 Å². The molecule has 0 radical (unpaired) electrons. The number of pyridine rings is 1. The van der Waals surface area contributed by atoms with Crippen molar-refractivity contribution in [3.05, 3.63) is 72.1 Å². The number of carbonyl (C=O) groups excluding carboxylic acids is 1. The quantitative estimate of drug-likeness (QED) is 0.365. The van der Waals surface area contributed by atoms with Gasteiger partial charge in [0.25, 0.3) is 5.91 Å². The van der Waals surface area contributed by atoms with Crippen molar-refractivity contribution in [1.82, 2.24) is 9.88 Å². The van der Waals surface area contributed by atoms with Crippen LogP contribution in [0.5, 0.6) is 0 Å². The third kappa shape index (κ3) is 5.10. The summed E-state index contributed by atoms with van der Waals surface area (Å²) < 4.78 is 38.0. The van der Waals surface area contributed by atoms with Crippen LogP contribution in [-0.2, 0) is 6.18 Å². The van der Waals surface area contributed by atoms with Crippen LogP contribution in [0.4, 0.5) is 13.2 Å². The molecule has 0 spiro atoms. The normalized spacial score (nSPS) is 11.9. The first-order valence-electron chi connectivity index (χ1n) is 7.82. The molecule has 0 saturated heterocycles. The first kappa shape index (κ1) is 20.5. The molecule has 0 unspecified atom stereocenters. The van der Waals surface area contributed by atoms with Crippen molar-refractivity contribution in [1.29, 1.82) is 0 Å². The highest BCUT2D eigenvalue weighted by Crippen LogP contribution is 2.33. The number of nitrogens with zero attached hydrogens (tertiary/aromatic N) is 3. The number of halogens is 3. The predicted molar refractivity (Wildman–Crippen MR) is 101 cm³/mol. The fourth-order valence-electron chi connectivity index (χ4n) is 2.18. The molecule has 2 aromatic rings. The fraction of sp³-hybridized carbons (Fsp3) is 0.167. The Kier molecular flexibility index (Phi) is 6.62. The van der Waals surface area contributed by atoms with Crippen LogP contribution >= 0.6 is 11.8 Å². The first-order chi connectivity index (χ1) is 12.8. The standard InChI is InChI=1S/C18H17F3N4OS/c1-3-25(16(26)14-5-4-10-23-11-14)17(24-22)27-12(2)13-6-8-15(9-7-13)18(19,20)21/h4-11H,2-3,22H2,1H3/b24-17-. The fourth-order valence-corrected chi connectivity index (χ4v) is 3.03. The second-order valence-electron chi connectivity index (χ2n) is 5.30. The van der Waals surface area contributed by atoms with Gasteiger partial charge in [0.15, 0.2) is 5.17 Å². The molecular formula is C18H17F3N4OS. The summed E-state index contributed by atoms with van der Waals surface area (Å²) in [5.74, 6) is 5.10. The molecule has 27 heavy (non-hydrogen) atoms. The summed E-state index contributed by atoms with van der Waals surface area (Å²) >= 11 is 1.00. The summed E-state index contributed by atoms with van der Waals surface area (Å²) in [6, 6.07) is 7.81. The molecule has 0 aliphatic rings. The number of nitrogens with two attached hydrogens (primary N) is 1. The lowest BCUT2D eigenvalue weighted by Gasteiger charge is -2.22. The summed E-state index contributed by atoms with van der Waals surface area (Å²) in [7, 11) is 0. The summed E-state index contributed by atoms with van der Waals surface area (Å²) in [5.41, 5.74) is 0.0824. The number of carbonyl (C=O) groups is 1. The van der Waals surface area contributed by atoms with Crippen LogP contribution in [0.1, 0.15) is 28.4 Å². The van der Waals surface area contributed by atoms with Crippen LogP contribution < -0.4 is 5.84 Å². The Hall–Kier alpha value is -2.81. The molecule has 0 bridgehead atoms. The van der Waals surface area contributed by atoms with Crippen LogP contribution in [0.15, 0.2) is 60.5 Å². The van der Waals surface area contributed by atoms with E-state index in [1.165, 1.54) is 23.2 Å². The van der Waals surface area contributed by atoms with Gasteiger partial charge in [-0.3, -0.25) is 14.7 Å². The number of benzene rings is 1. The minimum absolute atomic E-state index is 0.177. The largest absolute Gasteiger partial charge is 0.416 e. The van der Waals surface area contributed by atoms with Crippen molar-refractivity contribution in [3.63, 3.8) is 0 Å². The number of amidine groups is 1. The first-order valence-corrected chi connectivity index (χ1v) is 8.63. The maximum atomic E-state index is 12.7. The molecule has 0 atom stereocenters. The minimum Gasteiger partial charge on any atom is -0.321 e. The van der Waals surface area contributed by atoms with Gasteiger partial charge in [-0.25, -0.2) is 0 Å². The molecule has 1 aromatic carbocycles. The van der Waals surface area contributed by atoms with Crippen LogP contribution in [0.25, 0.3) is 4.91 Å². The Morgan fingerprint density at radius 2 is 1.93 bits per heavy atom. The lowest BCUT2D eigenvalue weighted by atomic mass is 10.1. The van der Waals surface area contributed by atoms with Gasteiger partial charge in [-0.2, -0.15) is 18.3 Å². The average molecular weight is 394 g/mol. The third-order valence-corrected chi connectivity index (χ3v) is 4.55. The van der Waals surface area contributed by atoms with Crippen LogP contribution in [0.3, 0.4) is 0 Å². The number of rotatable bonds is 4. The molecule has 142 valence electrons. The Morgan fingerprint density at radius 3 is 2.41 bits per heavy atom. The van der Waals surface area contributed by atoms with E-state index in [4.69, 9.17) is 5.84 Å². The number of alkyl halides is 3. The van der Waals surface area contributed by atoms with Gasteiger partial charge in [0, 0.05) is 23.8 Å². The summed E-state index contributed by atoms with van der Waals surface area (Å²) in [4.78, 5) is 18.3. The van der Waals surface area contributed by atoms with Gasteiger partial charge < -0.3 is 5.84 Å². The van der Waals surface area contributed by atoms with E-state index in [1.807, 2.05) is 0 Å². The zero-order valence-corrected chi connectivity index (χ0v) is 15.2. The van der Waals surface area contributed by atoms with Gasteiger partial charge in [0.05, 0.1) is 11.1 Å². The summed E-state index contributed by atoms with van der Waals surface area (Å²) in [5, 5.41) is 3.83. The molecule has 5 nitrogen and oxygen atoms in total. The number of hydrogen-bond donors (Lipinski definition) is 1. The average Bonchev–Trinajstić information content (AvgIpc) is 2.67. The van der Waals surface area contributed by atoms with Gasteiger partial charge in [-0.1, -0.05) is 18.7 Å². The zero-order valence-electron chi connectivity index (χ0n) is 14.4. The van der Waals surface area contributed by atoms with Crippen molar-refractivity contribution in [2.75, 3.05) is 6.54 Å². The highest BCUT2D eigenvalue weighted by atomic mass is 32.2. The number of aromatic nitrogens is 1. The number of hydrogen-bond acceptors (Lipinski definition) is 5. The van der Waals surface area contributed by atoms with Crippen molar-refractivity contribution < 1.29 is 18.0 Å². The summed E-state index contributed by atoms with van der Waals surface area (Å²) in [6.45, 7) is 5.89. The van der Waals surface area contributed by atoms with E-state index in [0.29, 0.717) is 16.0 Å². The maximum Gasteiger partial charge on any atom is 0.416 e. The summed E-state index contributed by atoms with van der Waals surface area (Å²) in [6.07, 6.45) is -1.44. The van der Waals surface area contributed by atoms with Gasteiger partial charge in [0.2, 0.25) is 0 Å². The molecule has 0 aliphatic heterocycles. The van der Waals surface area contributed by atoms with Gasteiger partial charge in [-0.15, -0.1) is 0 Å². The highest BCUT2D eigenvalue weighted by molar-refractivity contribution is 8.21. The lowest BCUT2D eigenvalue weighted by Crippen LogP contribution is -2.35. The predicted octanol–water partition coefficient (Wildman–Crippen LogP) is 4.20. The molecule has 0 aliphatic carbocycles. The van der Waals surface area contributed by atoms with E-state index in [0.717, 1.165) is 23.9 Å². The van der Waals surface area contributed by atoms with E-state index in [-0.39, 0.29) is 17.6 Å². The SMILES string of the molecule is C=C(S/C(=N\N)N(CC)C(=O)c1cccnc1)c1ccc(C(F)(F)F)cc1. The van der Waals surface area contributed by atoms with Crippen LogP contribution in [0, 0.1) is 0 Å². The van der Waals surface area contributed by atoms with Crippen LogP contribution in [-0.4, -0.2) is 27.5 Å². The van der Waals surface area contributed by atoms with Gasteiger partial charge in [-0.05, 0) is 48.5 Å². The molecule has 1 aromatic heterocycles. The van der Waals surface area contributed by atoms with E-state index in [1.54, 1.807) is 25.3 Å². The molecule has 1 heterocycles. The Labute approximate surface area is 158 Å². The lowest BCUT2D eigenvalue weighted by molar-refractivity contribution is -0.137. The maximum absolute atomic E-state index is 12.7. The Bertz CT molecular complexity index is 836. The van der Waals surface area contributed by atoms with Crippen molar-refractivity contribution in [2.45, 2.75) is 13.1 Å². The van der Waals surface area contributed by atoms with E-state index in [9.17, 15) is 18.0 Å². The van der Waals surface area contributed by atoms with E-state index in [2.05, 4.69) is 16.7 Å². The number of thioether (sulfide) groups is 1. The van der Waals surface area contributed by atoms with E-state index >= 15 is 0 Å². The zero-order chi connectivity index (χ0) is 20.0. The smallest absolute Gasteiger partial charge is 0.321 e. The molecule has 0 fully saturated rings. The molecule has 2 N–H and O–H groups in total. The number of hydrazone groups is 1. The Balaban J connectivity index is 2.17. The van der Waals surface area contributed by atoms with Crippen molar-refractivity contribution >= 4 is 27.7 Å². The second-order valence-corrected chi connectivity index (χ2v) is 6.37. The highest BCUT2D eigenvalue weighted by Gasteiger charge is 2.30. The monoisotopic (exact) mass is 394 g/mol. The second kappa shape index (κ2) is 8.72. The molecule has 9 heteroatoms.